The molecule has 2 rings (SSSR count). The quantitative estimate of drug-likeness (QED) is 0.721. The van der Waals surface area contributed by atoms with Crippen LogP contribution in [0.2, 0.25) is 0 Å². The zero-order valence-electron chi connectivity index (χ0n) is 13.2. The van der Waals surface area contributed by atoms with Crippen molar-refractivity contribution in [2.75, 3.05) is 13.1 Å². The van der Waals surface area contributed by atoms with Gasteiger partial charge in [0, 0.05) is 6.42 Å². The molecule has 0 radical (unpaired) electrons. The zero-order valence-corrected chi connectivity index (χ0v) is 13.2. The zero-order chi connectivity index (χ0) is 14.4. The second-order valence-corrected chi connectivity index (χ2v) is 6.15. The highest BCUT2D eigenvalue weighted by Gasteiger charge is 2.25. The molecule has 1 aromatic rings. The van der Waals surface area contributed by atoms with Crippen LogP contribution in [0, 0.1) is 12.8 Å². The number of nitrogens with one attached hydrogen (secondary N) is 1. The average molecular weight is 275 g/mol. The summed E-state index contributed by atoms with van der Waals surface area (Å²) in [5.41, 5.74) is 2.73. The lowest BCUT2D eigenvalue weighted by Gasteiger charge is -2.20. The molecule has 2 atom stereocenters. The van der Waals surface area contributed by atoms with E-state index in [0.717, 1.165) is 31.2 Å². The maximum absolute atomic E-state index is 6.12. The highest BCUT2D eigenvalue weighted by atomic mass is 16.5. The first kappa shape index (κ1) is 15.4. The molecule has 1 aliphatic rings. The number of rotatable bonds is 8. The van der Waals surface area contributed by atoms with Gasteiger partial charge >= 0.3 is 0 Å². The Morgan fingerprint density at radius 2 is 2.15 bits per heavy atom. The van der Waals surface area contributed by atoms with Crippen LogP contribution in [-0.4, -0.2) is 19.2 Å². The Morgan fingerprint density at radius 3 is 2.90 bits per heavy atom. The molecule has 112 valence electrons. The molecule has 0 amide bonds. The van der Waals surface area contributed by atoms with Crippen LogP contribution in [0.1, 0.15) is 50.7 Å². The topological polar surface area (TPSA) is 21.3 Å². The van der Waals surface area contributed by atoms with E-state index >= 15 is 0 Å². The van der Waals surface area contributed by atoms with Gasteiger partial charge in [-0.15, -0.1) is 0 Å². The van der Waals surface area contributed by atoms with Crippen LogP contribution in [-0.2, 0) is 6.42 Å². The third-order valence-electron chi connectivity index (χ3n) is 4.11. The minimum atomic E-state index is 0.381. The van der Waals surface area contributed by atoms with Gasteiger partial charge in [-0.05, 0) is 56.8 Å². The number of hydrogen-bond donors (Lipinski definition) is 1. The third-order valence-corrected chi connectivity index (χ3v) is 4.11. The van der Waals surface area contributed by atoms with E-state index in [1.54, 1.807) is 0 Å². The SMILES string of the molecule is CCCNCC(CCC)CC1Cc2cc(C)ccc2O1. The van der Waals surface area contributed by atoms with Crippen LogP contribution < -0.4 is 10.1 Å². The number of benzene rings is 1. The van der Waals surface area contributed by atoms with E-state index in [1.165, 1.54) is 36.8 Å². The van der Waals surface area contributed by atoms with E-state index in [0.29, 0.717) is 6.10 Å². The Hall–Kier alpha value is -1.02. The highest BCUT2D eigenvalue weighted by Crippen LogP contribution is 2.32. The van der Waals surface area contributed by atoms with Crippen molar-refractivity contribution in [3.05, 3.63) is 29.3 Å². The molecule has 0 saturated carbocycles. The molecule has 1 aromatic carbocycles. The fourth-order valence-corrected chi connectivity index (χ4v) is 3.15. The Morgan fingerprint density at radius 1 is 1.30 bits per heavy atom. The molecular formula is C18H29NO. The standard InChI is InChI=1S/C18H29NO/c1-4-6-15(13-19-9-5-2)11-17-12-16-10-14(3)7-8-18(16)20-17/h7-8,10,15,17,19H,4-6,9,11-13H2,1-3H3. The molecule has 2 nitrogen and oxygen atoms in total. The summed E-state index contributed by atoms with van der Waals surface area (Å²) < 4.78 is 6.12. The third kappa shape index (κ3) is 4.24. The van der Waals surface area contributed by atoms with E-state index in [-0.39, 0.29) is 0 Å². The van der Waals surface area contributed by atoms with E-state index in [1.807, 2.05) is 0 Å². The van der Waals surface area contributed by atoms with E-state index in [4.69, 9.17) is 4.74 Å². The van der Waals surface area contributed by atoms with Crippen molar-refractivity contribution < 1.29 is 4.74 Å². The summed E-state index contributed by atoms with van der Waals surface area (Å²) >= 11 is 0. The van der Waals surface area contributed by atoms with Crippen LogP contribution in [0.15, 0.2) is 18.2 Å². The summed E-state index contributed by atoms with van der Waals surface area (Å²) in [7, 11) is 0. The van der Waals surface area contributed by atoms with E-state index < -0.39 is 0 Å². The molecular weight excluding hydrogens is 246 g/mol. The van der Waals surface area contributed by atoms with Crippen LogP contribution in [0.5, 0.6) is 5.75 Å². The molecule has 0 bridgehead atoms. The van der Waals surface area contributed by atoms with E-state index in [2.05, 4.69) is 44.3 Å². The second-order valence-electron chi connectivity index (χ2n) is 6.15. The van der Waals surface area contributed by atoms with Gasteiger partial charge in [0.25, 0.3) is 0 Å². The van der Waals surface area contributed by atoms with Crippen molar-refractivity contribution in [1.29, 1.82) is 0 Å². The minimum absolute atomic E-state index is 0.381. The lowest BCUT2D eigenvalue weighted by molar-refractivity contribution is 0.187. The predicted molar refractivity (Wildman–Crippen MR) is 85.5 cm³/mol. The molecule has 0 fully saturated rings. The number of ether oxygens (including phenoxy) is 1. The minimum Gasteiger partial charge on any atom is -0.490 e. The summed E-state index contributed by atoms with van der Waals surface area (Å²) in [5, 5.41) is 3.57. The van der Waals surface area contributed by atoms with Gasteiger partial charge in [-0.1, -0.05) is 38.0 Å². The molecule has 1 aliphatic heterocycles. The maximum Gasteiger partial charge on any atom is 0.123 e. The normalized spacial score (nSPS) is 18.6. The van der Waals surface area contributed by atoms with Crippen molar-refractivity contribution in [2.24, 2.45) is 5.92 Å². The molecule has 1 N–H and O–H groups in total. The Bertz CT molecular complexity index is 416. The lowest BCUT2D eigenvalue weighted by atomic mass is 9.94. The van der Waals surface area contributed by atoms with Gasteiger partial charge in [0.2, 0.25) is 0 Å². The van der Waals surface area contributed by atoms with Crippen molar-refractivity contribution in [1.82, 2.24) is 5.32 Å². The summed E-state index contributed by atoms with van der Waals surface area (Å²) in [4.78, 5) is 0. The van der Waals surface area contributed by atoms with Gasteiger partial charge in [0.15, 0.2) is 0 Å². The first-order chi connectivity index (χ1) is 9.72. The van der Waals surface area contributed by atoms with Gasteiger partial charge < -0.3 is 10.1 Å². The second kappa shape index (κ2) is 7.68. The van der Waals surface area contributed by atoms with Crippen LogP contribution in [0.25, 0.3) is 0 Å². The number of hydrogen-bond acceptors (Lipinski definition) is 2. The molecule has 2 heteroatoms. The molecule has 0 aliphatic carbocycles. The first-order valence-electron chi connectivity index (χ1n) is 8.19. The van der Waals surface area contributed by atoms with Crippen LogP contribution in [0.4, 0.5) is 0 Å². The molecule has 2 unspecified atom stereocenters. The first-order valence-corrected chi connectivity index (χ1v) is 8.19. The average Bonchev–Trinajstić information content (AvgIpc) is 2.80. The summed E-state index contributed by atoms with van der Waals surface area (Å²) in [6, 6.07) is 6.56. The smallest absolute Gasteiger partial charge is 0.123 e. The highest BCUT2D eigenvalue weighted by molar-refractivity contribution is 5.40. The maximum atomic E-state index is 6.12. The Kier molecular flexibility index (Phi) is 5.90. The van der Waals surface area contributed by atoms with Gasteiger partial charge in [-0.2, -0.15) is 0 Å². The van der Waals surface area contributed by atoms with Crippen molar-refractivity contribution >= 4 is 0 Å². The monoisotopic (exact) mass is 275 g/mol. The fourth-order valence-electron chi connectivity index (χ4n) is 3.15. The van der Waals surface area contributed by atoms with E-state index in [9.17, 15) is 0 Å². The van der Waals surface area contributed by atoms with Crippen molar-refractivity contribution in [3.8, 4) is 5.75 Å². The summed E-state index contributed by atoms with van der Waals surface area (Å²) in [5.74, 6) is 1.85. The molecule has 0 saturated heterocycles. The summed E-state index contributed by atoms with van der Waals surface area (Å²) in [6.07, 6.45) is 6.42. The van der Waals surface area contributed by atoms with Crippen LogP contribution >= 0.6 is 0 Å². The van der Waals surface area contributed by atoms with Gasteiger partial charge in [0.1, 0.15) is 11.9 Å². The van der Waals surface area contributed by atoms with Gasteiger partial charge in [0.05, 0.1) is 0 Å². The van der Waals surface area contributed by atoms with Gasteiger partial charge in [-0.25, -0.2) is 0 Å². The van der Waals surface area contributed by atoms with Gasteiger partial charge in [-0.3, -0.25) is 0 Å². The largest absolute Gasteiger partial charge is 0.490 e. The molecule has 0 aromatic heterocycles. The Labute approximate surface area is 123 Å². The molecule has 20 heavy (non-hydrogen) atoms. The Balaban J connectivity index is 1.86. The number of fused-ring (bicyclic) bond motifs is 1. The lowest BCUT2D eigenvalue weighted by Crippen LogP contribution is -2.28. The fraction of sp³-hybridized carbons (Fsp3) is 0.667. The number of aryl methyl sites for hydroxylation is 1. The molecule has 1 heterocycles. The molecule has 0 spiro atoms. The van der Waals surface area contributed by atoms with Crippen molar-refractivity contribution in [2.45, 2.75) is 59.0 Å². The summed E-state index contributed by atoms with van der Waals surface area (Å²) in [6.45, 7) is 8.92. The van der Waals surface area contributed by atoms with Crippen LogP contribution in [0.3, 0.4) is 0 Å². The van der Waals surface area contributed by atoms with Crippen molar-refractivity contribution in [3.63, 3.8) is 0 Å². The predicted octanol–water partition coefficient (Wildman–Crippen LogP) is 4.10.